The van der Waals surface area contributed by atoms with Gasteiger partial charge in [-0.2, -0.15) is 11.8 Å². The third-order valence-electron chi connectivity index (χ3n) is 2.87. The standard InChI is InChI=1S/C12H17NS/c1-9-7-12(13-2)11-6-4-3-5-10(11)8-14-9/h3-6,9,12-13H,7-8H2,1-2H3. The van der Waals surface area contributed by atoms with Crippen molar-refractivity contribution in [2.24, 2.45) is 0 Å². The molecule has 2 heteroatoms. The minimum atomic E-state index is 0.538. The van der Waals surface area contributed by atoms with Crippen LogP contribution in [-0.2, 0) is 5.75 Å². The molecule has 1 aromatic rings. The van der Waals surface area contributed by atoms with Gasteiger partial charge in [0.25, 0.3) is 0 Å². The lowest BCUT2D eigenvalue weighted by Crippen LogP contribution is -2.19. The van der Waals surface area contributed by atoms with Crippen LogP contribution in [0.4, 0.5) is 0 Å². The Labute approximate surface area is 90.3 Å². The first-order chi connectivity index (χ1) is 6.81. The van der Waals surface area contributed by atoms with Crippen LogP contribution < -0.4 is 5.32 Å². The average molecular weight is 207 g/mol. The minimum absolute atomic E-state index is 0.538. The summed E-state index contributed by atoms with van der Waals surface area (Å²) in [6.07, 6.45) is 1.23. The number of nitrogens with one attached hydrogen (secondary N) is 1. The molecule has 1 heterocycles. The monoisotopic (exact) mass is 207 g/mol. The molecule has 0 saturated heterocycles. The number of rotatable bonds is 1. The summed E-state index contributed by atoms with van der Waals surface area (Å²) < 4.78 is 0. The van der Waals surface area contributed by atoms with Gasteiger partial charge in [-0.3, -0.25) is 0 Å². The van der Waals surface area contributed by atoms with Crippen LogP contribution in [0.3, 0.4) is 0 Å². The second-order valence-electron chi connectivity index (χ2n) is 3.90. The highest BCUT2D eigenvalue weighted by atomic mass is 32.2. The zero-order valence-corrected chi connectivity index (χ0v) is 9.60. The second kappa shape index (κ2) is 4.37. The van der Waals surface area contributed by atoms with Crippen molar-refractivity contribution < 1.29 is 0 Å². The molecule has 0 aliphatic carbocycles. The van der Waals surface area contributed by atoms with E-state index in [4.69, 9.17) is 0 Å². The Kier molecular flexibility index (Phi) is 3.14. The van der Waals surface area contributed by atoms with Gasteiger partial charge in [0.15, 0.2) is 0 Å². The maximum absolute atomic E-state index is 3.42. The molecule has 2 atom stereocenters. The molecule has 0 aromatic heterocycles. The molecular formula is C12H17NS. The van der Waals surface area contributed by atoms with Crippen molar-refractivity contribution in [1.29, 1.82) is 0 Å². The lowest BCUT2D eigenvalue weighted by molar-refractivity contribution is 0.549. The van der Waals surface area contributed by atoms with E-state index in [1.165, 1.54) is 17.5 Å². The Morgan fingerprint density at radius 2 is 2.14 bits per heavy atom. The molecule has 0 saturated carbocycles. The number of fused-ring (bicyclic) bond motifs is 1. The van der Waals surface area contributed by atoms with Crippen LogP contribution in [0.1, 0.15) is 30.5 Å². The molecular weight excluding hydrogens is 190 g/mol. The summed E-state index contributed by atoms with van der Waals surface area (Å²) in [5, 5.41) is 4.17. The van der Waals surface area contributed by atoms with Crippen LogP contribution in [0.25, 0.3) is 0 Å². The fourth-order valence-electron chi connectivity index (χ4n) is 2.04. The number of hydrogen-bond acceptors (Lipinski definition) is 2. The highest BCUT2D eigenvalue weighted by molar-refractivity contribution is 7.99. The Bertz CT molecular complexity index is 311. The fraction of sp³-hybridized carbons (Fsp3) is 0.500. The summed E-state index contributed by atoms with van der Waals surface area (Å²) in [7, 11) is 2.06. The molecule has 76 valence electrons. The zero-order valence-electron chi connectivity index (χ0n) is 8.79. The third kappa shape index (κ3) is 1.96. The molecule has 1 aliphatic heterocycles. The first kappa shape index (κ1) is 10.1. The summed E-state index contributed by atoms with van der Waals surface area (Å²) in [5.41, 5.74) is 2.99. The van der Waals surface area contributed by atoms with Crippen molar-refractivity contribution in [3.8, 4) is 0 Å². The molecule has 0 bridgehead atoms. The second-order valence-corrected chi connectivity index (χ2v) is 5.32. The van der Waals surface area contributed by atoms with Crippen molar-refractivity contribution in [2.75, 3.05) is 7.05 Å². The molecule has 1 aliphatic rings. The number of benzene rings is 1. The van der Waals surface area contributed by atoms with Gasteiger partial charge in [0.1, 0.15) is 0 Å². The molecule has 1 nitrogen and oxygen atoms in total. The van der Waals surface area contributed by atoms with Gasteiger partial charge in [0.05, 0.1) is 0 Å². The van der Waals surface area contributed by atoms with E-state index in [9.17, 15) is 0 Å². The van der Waals surface area contributed by atoms with E-state index in [-0.39, 0.29) is 0 Å². The zero-order chi connectivity index (χ0) is 9.97. The normalized spacial score (nSPS) is 26.7. The van der Waals surface area contributed by atoms with E-state index in [0.717, 1.165) is 11.0 Å². The Morgan fingerprint density at radius 3 is 2.93 bits per heavy atom. The molecule has 0 amide bonds. The molecule has 0 spiro atoms. The molecule has 0 radical (unpaired) electrons. The van der Waals surface area contributed by atoms with Crippen molar-refractivity contribution in [3.63, 3.8) is 0 Å². The molecule has 1 N–H and O–H groups in total. The van der Waals surface area contributed by atoms with E-state index in [2.05, 4.69) is 55.3 Å². The number of hydrogen-bond donors (Lipinski definition) is 1. The van der Waals surface area contributed by atoms with E-state index < -0.39 is 0 Å². The van der Waals surface area contributed by atoms with Crippen molar-refractivity contribution >= 4 is 11.8 Å². The van der Waals surface area contributed by atoms with Crippen molar-refractivity contribution in [3.05, 3.63) is 35.4 Å². The lowest BCUT2D eigenvalue weighted by atomic mass is 9.98. The van der Waals surface area contributed by atoms with Crippen LogP contribution in [-0.4, -0.2) is 12.3 Å². The van der Waals surface area contributed by atoms with Crippen molar-refractivity contribution in [1.82, 2.24) is 5.32 Å². The van der Waals surface area contributed by atoms with Gasteiger partial charge < -0.3 is 5.32 Å². The van der Waals surface area contributed by atoms with Gasteiger partial charge in [-0.15, -0.1) is 0 Å². The Morgan fingerprint density at radius 1 is 1.36 bits per heavy atom. The van der Waals surface area contributed by atoms with E-state index >= 15 is 0 Å². The quantitative estimate of drug-likeness (QED) is 0.760. The molecule has 2 rings (SSSR count). The smallest absolute Gasteiger partial charge is 0.0331 e. The highest BCUT2D eigenvalue weighted by Crippen LogP contribution is 2.34. The van der Waals surface area contributed by atoms with Gasteiger partial charge >= 0.3 is 0 Å². The maximum atomic E-state index is 3.42. The van der Waals surface area contributed by atoms with Gasteiger partial charge in [0.2, 0.25) is 0 Å². The summed E-state index contributed by atoms with van der Waals surface area (Å²) >= 11 is 2.06. The largest absolute Gasteiger partial charge is 0.313 e. The first-order valence-electron chi connectivity index (χ1n) is 5.18. The predicted octanol–water partition coefficient (Wildman–Crippen LogP) is 2.97. The molecule has 0 fully saturated rings. The lowest BCUT2D eigenvalue weighted by Gasteiger charge is -2.17. The number of thioether (sulfide) groups is 1. The van der Waals surface area contributed by atoms with Crippen LogP contribution in [0, 0.1) is 0 Å². The van der Waals surface area contributed by atoms with Gasteiger partial charge in [-0.1, -0.05) is 31.2 Å². The predicted molar refractivity (Wildman–Crippen MR) is 63.6 cm³/mol. The van der Waals surface area contributed by atoms with E-state index in [0.29, 0.717) is 6.04 Å². The van der Waals surface area contributed by atoms with Crippen LogP contribution in [0.2, 0.25) is 0 Å². The highest BCUT2D eigenvalue weighted by Gasteiger charge is 2.20. The van der Waals surface area contributed by atoms with Gasteiger partial charge in [0, 0.05) is 17.0 Å². The van der Waals surface area contributed by atoms with Crippen LogP contribution >= 0.6 is 11.8 Å². The van der Waals surface area contributed by atoms with Crippen molar-refractivity contribution in [2.45, 2.75) is 30.4 Å². The van der Waals surface area contributed by atoms with Gasteiger partial charge in [-0.05, 0) is 24.6 Å². The minimum Gasteiger partial charge on any atom is -0.313 e. The Balaban J connectivity index is 2.34. The molecule has 14 heavy (non-hydrogen) atoms. The first-order valence-corrected chi connectivity index (χ1v) is 6.23. The summed E-state index contributed by atoms with van der Waals surface area (Å²) in [4.78, 5) is 0. The SMILES string of the molecule is CNC1CC(C)SCc2ccccc21. The third-order valence-corrected chi connectivity index (χ3v) is 4.11. The van der Waals surface area contributed by atoms with Crippen LogP contribution in [0.15, 0.2) is 24.3 Å². The Hall–Kier alpha value is -0.470. The van der Waals surface area contributed by atoms with Gasteiger partial charge in [-0.25, -0.2) is 0 Å². The summed E-state index contributed by atoms with van der Waals surface area (Å²) in [5.74, 6) is 1.16. The summed E-state index contributed by atoms with van der Waals surface area (Å²) in [6.45, 7) is 2.32. The average Bonchev–Trinajstić information content (AvgIpc) is 2.38. The maximum Gasteiger partial charge on any atom is 0.0331 e. The molecule has 1 aromatic carbocycles. The topological polar surface area (TPSA) is 12.0 Å². The summed E-state index contributed by atoms with van der Waals surface area (Å²) in [6, 6.07) is 9.34. The molecule has 2 unspecified atom stereocenters. The fourth-order valence-corrected chi connectivity index (χ4v) is 3.09. The van der Waals surface area contributed by atoms with E-state index in [1.54, 1.807) is 0 Å². The van der Waals surface area contributed by atoms with Crippen LogP contribution in [0.5, 0.6) is 0 Å². The van der Waals surface area contributed by atoms with E-state index in [1.807, 2.05) is 0 Å².